The normalized spacial score (nSPS) is 10.6. The summed E-state index contributed by atoms with van der Waals surface area (Å²) in [7, 11) is 1.65. The first-order valence-electron chi connectivity index (χ1n) is 7.90. The van der Waals surface area contributed by atoms with Crippen molar-refractivity contribution in [2.75, 3.05) is 12.4 Å². The number of methoxy groups -OCH3 is 1. The summed E-state index contributed by atoms with van der Waals surface area (Å²) >= 11 is 6.10. The Morgan fingerprint density at radius 1 is 1.16 bits per heavy atom. The fraction of sp³-hybridized carbons (Fsp3) is 0.211. The highest BCUT2D eigenvalue weighted by molar-refractivity contribution is 6.30. The van der Waals surface area contributed by atoms with Gasteiger partial charge < -0.3 is 10.1 Å². The highest BCUT2D eigenvalue weighted by Crippen LogP contribution is 2.25. The Balaban J connectivity index is 1.90. The predicted molar refractivity (Wildman–Crippen MR) is 100 cm³/mol. The maximum Gasteiger partial charge on any atom is 0.163 e. The number of hydrogen-bond donors (Lipinski definition) is 1. The maximum atomic E-state index is 6.10. The van der Waals surface area contributed by atoms with Crippen LogP contribution in [0, 0.1) is 13.8 Å². The van der Waals surface area contributed by atoms with Crippen LogP contribution in [0.3, 0.4) is 0 Å². The standard InChI is InChI=1S/C19H19ClN4O/c1-12-13(2)23-19(14-5-4-8-21-10-14)24-18(12)22-11-15-9-16(20)6-7-17(15)25-3/h4-10H,11H2,1-3H3,(H,22,23,24). The largest absolute Gasteiger partial charge is 0.496 e. The van der Waals surface area contributed by atoms with Crippen LogP contribution < -0.4 is 10.1 Å². The van der Waals surface area contributed by atoms with E-state index in [0.29, 0.717) is 17.4 Å². The monoisotopic (exact) mass is 354 g/mol. The maximum absolute atomic E-state index is 6.10. The Bertz CT molecular complexity index is 884. The molecule has 0 bridgehead atoms. The molecule has 2 aromatic heterocycles. The number of nitrogens with zero attached hydrogens (tertiary/aromatic N) is 3. The number of anilines is 1. The second-order valence-corrected chi connectivity index (χ2v) is 6.09. The number of ether oxygens (including phenoxy) is 1. The van der Waals surface area contributed by atoms with Gasteiger partial charge in [0.05, 0.1) is 7.11 Å². The fourth-order valence-electron chi connectivity index (χ4n) is 2.49. The summed E-state index contributed by atoms with van der Waals surface area (Å²) in [6.07, 6.45) is 3.49. The molecule has 25 heavy (non-hydrogen) atoms. The van der Waals surface area contributed by atoms with E-state index in [1.807, 2.05) is 44.2 Å². The smallest absolute Gasteiger partial charge is 0.163 e. The van der Waals surface area contributed by atoms with E-state index in [0.717, 1.165) is 34.0 Å². The van der Waals surface area contributed by atoms with E-state index in [-0.39, 0.29) is 0 Å². The summed E-state index contributed by atoms with van der Waals surface area (Å²) < 4.78 is 5.40. The van der Waals surface area contributed by atoms with Crippen molar-refractivity contribution in [3.8, 4) is 17.1 Å². The molecule has 0 radical (unpaired) electrons. The molecule has 1 N–H and O–H groups in total. The van der Waals surface area contributed by atoms with Crippen LogP contribution in [0.15, 0.2) is 42.7 Å². The van der Waals surface area contributed by atoms with Crippen LogP contribution in [0.4, 0.5) is 5.82 Å². The summed E-state index contributed by atoms with van der Waals surface area (Å²) in [5.41, 5.74) is 3.78. The molecular formula is C19H19ClN4O. The SMILES string of the molecule is COc1ccc(Cl)cc1CNc1nc(-c2cccnc2)nc(C)c1C. The van der Waals surface area contributed by atoms with Gasteiger partial charge in [0.2, 0.25) is 0 Å². The zero-order valence-electron chi connectivity index (χ0n) is 14.4. The molecule has 0 spiro atoms. The first-order valence-corrected chi connectivity index (χ1v) is 8.28. The summed E-state index contributed by atoms with van der Waals surface area (Å²) in [6.45, 7) is 4.52. The van der Waals surface area contributed by atoms with E-state index in [2.05, 4.69) is 20.3 Å². The van der Waals surface area contributed by atoms with E-state index >= 15 is 0 Å². The van der Waals surface area contributed by atoms with Crippen molar-refractivity contribution < 1.29 is 4.74 Å². The molecule has 0 aliphatic heterocycles. The third-order valence-electron chi connectivity index (χ3n) is 4.00. The molecule has 0 amide bonds. The molecule has 2 heterocycles. The molecule has 0 saturated carbocycles. The van der Waals surface area contributed by atoms with Crippen molar-refractivity contribution in [1.29, 1.82) is 0 Å². The van der Waals surface area contributed by atoms with Crippen LogP contribution in [0.25, 0.3) is 11.4 Å². The van der Waals surface area contributed by atoms with Crippen molar-refractivity contribution in [2.45, 2.75) is 20.4 Å². The van der Waals surface area contributed by atoms with Gasteiger partial charge in [-0.2, -0.15) is 0 Å². The molecule has 6 heteroatoms. The molecule has 0 aliphatic carbocycles. The van der Waals surface area contributed by atoms with Gasteiger partial charge in [-0.1, -0.05) is 11.6 Å². The predicted octanol–water partition coefficient (Wildman–Crippen LogP) is 4.43. The minimum Gasteiger partial charge on any atom is -0.496 e. The number of halogens is 1. The molecule has 0 aliphatic rings. The van der Waals surface area contributed by atoms with Crippen molar-refractivity contribution in [3.05, 3.63) is 64.6 Å². The van der Waals surface area contributed by atoms with E-state index in [4.69, 9.17) is 16.3 Å². The van der Waals surface area contributed by atoms with Gasteiger partial charge in [0.25, 0.3) is 0 Å². The lowest BCUT2D eigenvalue weighted by atomic mass is 10.2. The number of nitrogens with one attached hydrogen (secondary N) is 1. The first-order chi connectivity index (χ1) is 12.1. The van der Waals surface area contributed by atoms with Gasteiger partial charge in [0, 0.05) is 46.3 Å². The van der Waals surface area contributed by atoms with Crippen molar-refractivity contribution in [3.63, 3.8) is 0 Å². The van der Waals surface area contributed by atoms with Crippen LogP contribution in [0.1, 0.15) is 16.8 Å². The van der Waals surface area contributed by atoms with Gasteiger partial charge in [-0.15, -0.1) is 0 Å². The molecule has 5 nitrogen and oxygen atoms in total. The Kier molecular flexibility index (Phi) is 5.14. The molecule has 0 atom stereocenters. The van der Waals surface area contributed by atoms with Gasteiger partial charge in [-0.25, -0.2) is 9.97 Å². The molecule has 1 aromatic carbocycles. The van der Waals surface area contributed by atoms with Gasteiger partial charge in [0.15, 0.2) is 5.82 Å². The Hall–Kier alpha value is -2.66. The lowest BCUT2D eigenvalue weighted by Crippen LogP contribution is -2.08. The Labute approximate surface area is 152 Å². The molecule has 0 unspecified atom stereocenters. The topological polar surface area (TPSA) is 59.9 Å². The molecule has 128 valence electrons. The number of aryl methyl sites for hydroxylation is 1. The van der Waals surface area contributed by atoms with Crippen molar-refractivity contribution in [2.24, 2.45) is 0 Å². The lowest BCUT2D eigenvalue weighted by Gasteiger charge is -2.14. The van der Waals surface area contributed by atoms with E-state index in [1.165, 1.54) is 0 Å². The van der Waals surface area contributed by atoms with Gasteiger partial charge in [-0.3, -0.25) is 4.98 Å². The highest BCUT2D eigenvalue weighted by Gasteiger charge is 2.11. The van der Waals surface area contributed by atoms with Crippen LogP contribution in [0.5, 0.6) is 5.75 Å². The van der Waals surface area contributed by atoms with Crippen LogP contribution in [0.2, 0.25) is 5.02 Å². The van der Waals surface area contributed by atoms with Crippen LogP contribution >= 0.6 is 11.6 Å². The zero-order chi connectivity index (χ0) is 17.8. The minimum absolute atomic E-state index is 0.549. The summed E-state index contributed by atoms with van der Waals surface area (Å²) in [5.74, 6) is 2.22. The van der Waals surface area contributed by atoms with E-state index in [9.17, 15) is 0 Å². The number of benzene rings is 1. The van der Waals surface area contributed by atoms with Crippen LogP contribution in [-0.2, 0) is 6.54 Å². The van der Waals surface area contributed by atoms with E-state index < -0.39 is 0 Å². The third-order valence-corrected chi connectivity index (χ3v) is 4.23. The van der Waals surface area contributed by atoms with Crippen molar-refractivity contribution >= 4 is 17.4 Å². The molecule has 3 rings (SSSR count). The number of rotatable bonds is 5. The van der Waals surface area contributed by atoms with Gasteiger partial charge in [-0.05, 0) is 44.2 Å². The Morgan fingerprint density at radius 3 is 2.72 bits per heavy atom. The quantitative estimate of drug-likeness (QED) is 0.734. The first kappa shape index (κ1) is 17.2. The zero-order valence-corrected chi connectivity index (χ0v) is 15.1. The molecule has 0 fully saturated rings. The fourth-order valence-corrected chi connectivity index (χ4v) is 2.68. The van der Waals surface area contributed by atoms with E-state index in [1.54, 1.807) is 19.5 Å². The molecule has 0 saturated heterocycles. The van der Waals surface area contributed by atoms with Crippen LogP contribution in [-0.4, -0.2) is 22.1 Å². The lowest BCUT2D eigenvalue weighted by molar-refractivity contribution is 0.410. The van der Waals surface area contributed by atoms with Gasteiger partial charge >= 0.3 is 0 Å². The minimum atomic E-state index is 0.549. The highest BCUT2D eigenvalue weighted by atomic mass is 35.5. The number of hydrogen-bond acceptors (Lipinski definition) is 5. The molecule has 3 aromatic rings. The third kappa shape index (κ3) is 3.88. The number of pyridine rings is 1. The summed E-state index contributed by atoms with van der Waals surface area (Å²) in [5, 5.41) is 4.04. The second-order valence-electron chi connectivity index (χ2n) is 5.66. The Morgan fingerprint density at radius 2 is 2.00 bits per heavy atom. The second kappa shape index (κ2) is 7.49. The number of aromatic nitrogens is 3. The average Bonchev–Trinajstić information content (AvgIpc) is 2.63. The van der Waals surface area contributed by atoms with Crippen molar-refractivity contribution in [1.82, 2.24) is 15.0 Å². The summed E-state index contributed by atoms with van der Waals surface area (Å²) in [6, 6.07) is 9.38. The molecular weight excluding hydrogens is 336 g/mol. The van der Waals surface area contributed by atoms with Gasteiger partial charge in [0.1, 0.15) is 11.6 Å². The summed E-state index contributed by atoms with van der Waals surface area (Å²) in [4.78, 5) is 13.4. The average molecular weight is 355 g/mol.